The first-order valence-corrected chi connectivity index (χ1v) is 5.65. The zero-order valence-electron chi connectivity index (χ0n) is 10.3. The van der Waals surface area contributed by atoms with Gasteiger partial charge < -0.3 is 4.90 Å². The van der Waals surface area contributed by atoms with Gasteiger partial charge in [-0.25, -0.2) is 0 Å². The maximum Gasteiger partial charge on any atom is 0.309 e. The minimum atomic E-state index is -1.48. The van der Waals surface area contributed by atoms with E-state index in [-0.39, 0.29) is 12.3 Å². The number of nitrogens with zero attached hydrogens (tertiary/aromatic N) is 2. The highest BCUT2D eigenvalue weighted by Crippen LogP contribution is 2.43. The van der Waals surface area contributed by atoms with Crippen LogP contribution in [0.25, 0.3) is 0 Å². The van der Waals surface area contributed by atoms with Gasteiger partial charge in [-0.1, -0.05) is 17.2 Å². The maximum atomic E-state index is 12.2. The Balaban J connectivity index is 2.56. The topological polar surface area (TPSA) is 63.5 Å². The van der Waals surface area contributed by atoms with Crippen LogP contribution in [0.1, 0.15) is 26.7 Å². The molecule has 1 heterocycles. The molecule has 0 unspecified atom stereocenters. The van der Waals surface area contributed by atoms with Gasteiger partial charge in [0.1, 0.15) is 0 Å². The molecular formula is C12H16N2O3. The summed E-state index contributed by atoms with van der Waals surface area (Å²) in [5.74, 6) is -0.716. The minimum Gasteiger partial charge on any atom is -0.316 e. The smallest absolute Gasteiger partial charge is 0.309 e. The normalized spacial score (nSPS) is 32.8. The molecule has 1 aliphatic heterocycles. The summed E-state index contributed by atoms with van der Waals surface area (Å²) in [6.07, 6.45) is 4.26. The fourth-order valence-electron chi connectivity index (χ4n) is 2.70. The summed E-state index contributed by atoms with van der Waals surface area (Å²) in [4.78, 5) is 24.5. The summed E-state index contributed by atoms with van der Waals surface area (Å²) in [6.45, 7) is 3.86. The first-order chi connectivity index (χ1) is 7.89. The Morgan fingerprint density at radius 1 is 1.47 bits per heavy atom. The number of hydrogen-bond acceptors (Lipinski definition) is 3. The third-order valence-corrected chi connectivity index (χ3v) is 3.96. The summed E-state index contributed by atoms with van der Waals surface area (Å²) < 4.78 is 0. The summed E-state index contributed by atoms with van der Waals surface area (Å²) in [7, 11) is 1.57. The molecule has 17 heavy (non-hydrogen) atoms. The zero-order chi connectivity index (χ0) is 12.8. The molecule has 2 aliphatic rings. The Morgan fingerprint density at radius 3 is 2.71 bits per heavy atom. The number of likely N-dealkylation sites (N-methyl/N-ethyl adjacent to an activating group) is 1. The van der Waals surface area contributed by atoms with Crippen LogP contribution in [0.15, 0.2) is 23.4 Å². The molecule has 2 atom stereocenters. The van der Waals surface area contributed by atoms with Gasteiger partial charge in [0.05, 0.1) is 5.92 Å². The van der Waals surface area contributed by atoms with E-state index >= 15 is 0 Å². The molecule has 0 N–H and O–H groups in total. The van der Waals surface area contributed by atoms with Crippen molar-refractivity contribution in [3.8, 4) is 0 Å². The molecule has 0 fully saturated rings. The van der Waals surface area contributed by atoms with Crippen molar-refractivity contribution in [2.24, 2.45) is 5.92 Å². The van der Waals surface area contributed by atoms with E-state index in [9.17, 15) is 14.9 Å². The molecule has 0 aromatic rings. The van der Waals surface area contributed by atoms with Crippen LogP contribution >= 0.6 is 0 Å². The van der Waals surface area contributed by atoms with Gasteiger partial charge in [0.25, 0.3) is 0 Å². The fourth-order valence-corrected chi connectivity index (χ4v) is 2.70. The number of fused-ring (bicyclic) bond motifs is 1. The highest BCUT2D eigenvalue weighted by atomic mass is 16.6. The van der Waals surface area contributed by atoms with Gasteiger partial charge in [-0.05, 0) is 20.3 Å². The van der Waals surface area contributed by atoms with Crippen molar-refractivity contribution < 1.29 is 9.72 Å². The third kappa shape index (κ3) is 1.49. The van der Waals surface area contributed by atoms with Gasteiger partial charge in [0.15, 0.2) is 0 Å². The number of carbonyl (C=O) groups excluding carboxylic acids is 1. The highest BCUT2D eigenvalue weighted by molar-refractivity contribution is 5.88. The number of hydrogen-bond donors (Lipinski definition) is 0. The second-order valence-electron chi connectivity index (χ2n) is 4.99. The Labute approximate surface area is 99.9 Å². The van der Waals surface area contributed by atoms with Crippen LogP contribution in [-0.4, -0.2) is 28.3 Å². The lowest BCUT2D eigenvalue weighted by Gasteiger charge is -2.39. The highest BCUT2D eigenvalue weighted by Gasteiger charge is 2.60. The molecule has 1 amide bonds. The standard InChI is InChI=1S/C12H16N2O3/c1-8-6-10-4-5-13(3)11(15)12(10,14(16)17)7-9(8)2/h4-5,10H,6-7H2,1-3H3/t10-,12-/m0/s1. The van der Waals surface area contributed by atoms with E-state index in [0.29, 0.717) is 6.42 Å². The van der Waals surface area contributed by atoms with E-state index in [1.165, 1.54) is 4.90 Å². The van der Waals surface area contributed by atoms with Crippen molar-refractivity contribution in [3.63, 3.8) is 0 Å². The molecule has 0 bridgehead atoms. The molecule has 2 rings (SSSR count). The monoisotopic (exact) mass is 236 g/mol. The van der Waals surface area contributed by atoms with Crippen LogP contribution in [0.3, 0.4) is 0 Å². The molecule has 0 saturated carbocycles. The fraction of sp³-hybridized carbons (Fsp3) is 0.583. The Bertz CT molecular complexity index is 453. The Hall–Kier alpha value is -1.65. The van der Waals surface area contributed by atoms with E-state index < -0.39 is 16.4 Å². The number of rotatable bonds is 1. The van der Waals surface area contributed by atoms with Crippen molar-refractivity contribution in [1.29, 1.82) is 0 Å². The molecule has 0 aromatic heterocycles. The van der Waals surface area contributed by atoms with E-state index in [1.807, 2.05) is 13.8 Å². The summed E-state index contributed by atoms with van der Waals surface area (Å²) in [6, 6.07) is 0. The molecule has 92 valence electrons. The first kappa shape index (κ1) is 11.8. The van der Waals surface area contributed by atoms with E-state index in [0.717, 1.165) is 11.1 Å². The van der Waals surface area contributed by atoms with Gasteiger partial charge in [0.2, 0.25) is 0 Å². The van der Waals surface area contributed by atoms with Crippen molar-refractivity contribution in [1.82, 2.24) is 4.90 Å². The number of nitro groups is 1. The Morgan fingerprint density at radius 2 is 2.12 bits per heavy atom. The van der Waals surface area contributed by atoms with Gasteiger partial charge >= 0.3 is 11.4 Å². The largest absolute Gasteiger partial charge is 0.316 e. The zero-order valence-corrected chi connectivity index (χ0v) is 10.3. The SMILES string of the molecule is CC1=C(C)C[C@@]2([N+](=O)[O-])C(=O)N(C)C=C[C@H]2C1. The average Bonchev–Trinajstić information content (AvgIpc) is 2.26. The summed E-state index contributed by atoms with van der Waals surface area (Å²) in [5, 5.41) is 11.4. The summed E-state index contributed by atoms with van der Waals surface area (Å²) >= 11 is 0. The van der Waals surface area contributed by atoms with Crippen molar-refractivity contribution in [2.75, 3.05) is 7.05 Å². The van der Waals surface area contributed by atoms with E-state index in [4.69, 9.17) is 0 Å². The lowest BCUT2D eigenvalue weighted by molar-refractivity contribution is -0.562. The molecule has 1 aliphatic carbocycles. The second kappa shape index (κ2) is 3.68. The first-order valence-electron chi connectivity index (χ1n) is 5.65. The van der Waals surface area contributed by atoms with Gasteiger partial charge in [-0.2, -0.15) is 0 Å². The maximum absolute atomic E-state index is 12.2. The third-order valence-electron chi connectivity index (χ3n) is 3.96. The molecule has 0 spiro atoms. The van der Waals surface area contributed by atoms with Crippen LogP contribution in [0, 0.1) is 16.0 Å². The number of carbonyl (C=O) groups is 1. The van der Waals surface area contributed by atoms with Crippen LogP contribution in [0.2, 0.25) is 0 Å². The minimum absolute atomic E-state index is 0.226. The predicted octanol–water partition coefficient (Wildman–Crippen LogP) is 1.73. The van der Waals surface area contributed by atoms with Crippen LogP contribution in [-0.2, 0) is 4.79 Å². The second-order valence-corrected chi connectivity index (χ2v) is 4.99. The van der Waals surface area contributed by atoms with Crippen LogP contribution in [0.4, 0.5) is 0 Å². The lowest BCUT2D eigenvalue weighted by Crippen LogP contribution is -2.59. The number of amides is 1. The predicted molar refractivity (Wildman–Crippen MR) is 62.7 cm³/mol. The van der Waals surface area contributed by atoms with Crippen LogP contribution < -0.4 is 0 Å². The van der Waals surface area contributed by atoms with Crippen molar-refractivity contribution in [2.45, 2.75) is 32.2 Å². The molecule has 5 heteroatoms. The van der Waals surface area contributed by atoms with Gasteiger partial charge in [-0.15, -0.1) is 0 Å². The Kier molecular flexibility index (Phi) is 2.56. The molecule has 0 radical (unpaired) electrons. The molecule has 5 nitrogen and oxygen atoms in total. The van der Waals surface area contributed by atoms with Crippen molar-refractivity contribution in [3.05, 3.63) is 33.5 Å². The van der Waals surface area contributed by atoms with Gasteiger partial charge in [0, 0.05) is 24.6 Å². The van der Waals surface area contributed by atoms with E-state index in [2.05, 4.69) is 0 Å². The van der Waals surface area contributed by atoms with E-state index in [1.54, 1.807) is 19.3 Å². The average molecular weight is 236 g/mol. The quantitative estimate of drug-likeness (QED) is 0.395. The lowest BCUT2D eigenvalue weighted by atomic mass is 9.69. The van der Waals surface area contributed by atoms with Crippen LogP contribution in [0.5, 0.6) is 0 Å². The number of allylic oxidation sites excluding steroid dienone is 1. The van der Waals surface area contributed by atoms with Gasteiger partial charge in [-0.3, -0.25) is 14.9 Å². The van der Waals surface area contributed by atoms with Crippen molar-refractivity contribution >= 4 is 5.91 Å². The molecular weight excluding hydrogens is 220 g/mol. The summed E-state index contributed by atoms with van der Waals surface area (Å²) in [5.41, 5.74) is 0.650. The molecule has 0 aromatic carbocycles. The molecule has 0 saturated heterocycles.